The number of aromatic nitrogens is 1. The Morgan fingerprint density at radius 2 is 1.84 bits per heavy atom. The van der Waals surface area contributed by atoms with E-state index in [0.29, 0.717) is 31.1 Å². The van der Waals surface area contributed by atoms with Crippen molar-refractivity contribution in [3.8, 4) is 0 Å². The highest BCUT2D eigenvalue weighted by atomic mass is 35.5. The third-order valence-electron chi connectivity index (χ3n) is 3.96. The normalized spacial score (nSPS) is 18.2. The van der Waals surface area contributed by atoms with E-state index in [-0.39, 0.29) is 30.9 Å². The zero-order chi connectivity index (χ0) is 16.3. The molecule has 1 unspecified atom stereocenters. The molecule has 6 nitrogen and oxygen atoms in total. The maximum absolute atomic E-state index is 12.8. The maximum atomic E-state index is 12.8. The summed E-state index contributed by atoms with van der Waals surface area (Å²) in [6.07, 6.45) is 1.61. The molecule has 0 aliphatic carbocycles. The van der Waals surface area contributed by atoms with Crippen LogP contribution in [0.3, 0.4) is 0 Å². The first-order valence-electron chi connectivity index (χ1n) is 7.62. The van der Waals surface area contributed by atoms with E-state index in [0.717, 1.165) is 12.2 Å². The number of rotatable bonds is 5. The molecule has 0 radical (unpaired) electrons. The molecule has 1 aliphatic rings. The third kappa shape index (κ3) is 4.97. The van der Waals surface area contributed by atoms with Gasteiger partial charge >= 0.3 is 0 Å². The van der Waals surface area contributed by atoms with Crippen LogP contribution in [0.2, 0.25) is 0 Å². The summed E-state index contributed by atoms with van der Waals surface area (Å²) in [6, 6.07) is 12.1. The van der Waals surface area contributed by atoms with Crippen molar-refractivity contribution in [3.63, 3.8) is 0 Å². The molecule has 2 N–H and O–H groups in total. The third-order valence-corrected chi connectivity index (χ3v) is 5.71. The van der Waals surface area contributed by atoms with Crippen molar-refractivity contribution >= 4 is 34.8 Å². The van der Waals surface area contributed by atoms with Gasteiger partial charge in [-0.2, -0.15) is 0 Å². The average Bonchev–Trinajstić information content (AvgIpc) is 3.05. The summed E-state index contributed by atoms with van der Waals surface area (Å²) >= 11 is 0. The van der Waals surface area contributed by atoms with E-state index in [1.165, 1.54) is 3.97 Å². The number of hydrogen-bond acceptors (Lipinski definition) is 5. The van der Waals surface area contributed by atoms with Crippen LogP contribution in [-0.2, 0) is 21.3 Å². The molecule has 2 aromatic rings. The molecular formula is C16H23Cl2N3O3S. The minimum absolute atomic E-state index is 0. The lowest BCUT2D eigenvalue weighted by atomic mass is 10.2. The van der Waals surface area contributed by atoms with Crippen molar-refractivity contribution in [2.45, 2.75) is 17.5 Å². The average molecular weight is 408 g/mol. The molecule has 9 heteroatoms. The van der Waals surface area contributed by atoms with Crippen molar-refractivity contribution in [2.24, 2.45) is 5.73 Å². The van der Waals surface area contributed by atoms with Crippen LogP contribution in [0.1, 0.15) is 5.69 Å². The predicted octanol–water partition coefficient (Wildman–Crippen LogP) is 1.73. The van der Waals surface area contributed by atoms with Crippen LogP contribution in [0.15, 0.2) is 53.6 Å². The largest absolute Gasteiger partial charge is 0.374 e. The molecule has 0 amide bonds. The number of morpholine rings is 1. The number of benzene rings is 1. The molecule has 0 saturated carbocycles. The van der Waals surface area contributed by atoms with Gasteiger partial charge in [-0.15, -0.1) is 24.8 Å². The Balaban J connectivity index is 0.00000156. The van der Waals surface area contributed by atoms with E-state index in [2.05, 4.69) is 4.90 Å². The zero-order valence-corrected chi connectivity index (χ0v) is 16.1. The molecule has 2 heterocycles. The highest BCUT2D eigenvalue weighted by Crippen LogP contribution is 2.18. The first-order valence-corrected chi connectivity index (χ1v) is 9.06. The summed E-state index contributed by atoms with van der Waals surface area (Å²) in [5.74, 6) is 0. The van der Waals surface area contributed by atoms with Crippen LogP contribution in [0.5, 0.6) is 0 Å². The van der Waals surface area contributed by atoms with Gasteiger partial charge < -0.3 is 10.5 Å². The smallest absolute Gasteiger partial charge is 0.267 e. The molecule has 1 aromatic carbocycles. The Morgan fingerprint density at radius 1 is 1.12 bits per heavy atom. The van der Waals surface area contributed by atoms with Gasteiger partial charge in [-0.25, -0.2) is 12.4 Å². The molecule has 1 atom stereocenters. The van der Waals surface area contributed by atoms with Gasteiger partial charge in [-0.1, -0.05) is 18.2 Å². The molecule has 0 bridgehead atoms. The van der Waals surface area contributed by atoms with E-state index in [1.54, 1.807) is 42.6 Å². The lowest BCUT2D eigenvalue weighted by molar-refractivity contribution is -0.0264. The molecule has 1 aliphatic heterocycles. The standard InChI is InChI=1S/C16H21N3O3S.2ClH/c17-11-15-13-18(9-10-22-15)12-14-5-4-8-19(14)23(20,21)16-6-2-1-3-7-16;;/h1-8,15H,9-13,17H2;2*1H. The van der Waals surface area contributed by atoms with Crippen molar-refractivity contribution in [1.29, 1.82) is 0 Å². The number of ether oxygens (including phenoxy) is 1. The minimum Gasteiger partial charge on any atom is -0.374 e. The van der Waals surface area contributed by atoms with Crippen LogP contribution < -0.4 is 5.73 Å². The molecule has 1 saturated heterocycles. The van der Waals surface area contributed by atoms with E-state index in [1.807, 2.05) is 6.07 Å². The van der Waals surface area contributed by atoms with Crippen LogP contribution in [-0.4, -0.2) is 49.6 Å². The summed E-state index contributed by atoms with van der Waals surface area (Å²) in [4.78, 5) is 2.46. The highest BCUT2D eigenvalue weighted by Gasteiger charge is 2.23. The highest BCUT2D eigenvalue weighted by molar-refractivity contribution is 7.90. The Bertz CT molecular complexity index is 753. The van der Waals surface area contributed by atoms with E-state index in [9.17, 15) is 8.42 Å². The van der Waals surface area contributed by atoms with Gasteiger partial charge in [-0.05, 0) is 24.3 Å². The second-order valence-corrected chi connectivity index (χ2v) is 7.39. The second kappa shape index (κ2) is 9.56. The van der Waals surface area contributed by atoms with Gasteiger partial charge in [-0.3, -0.25) is 4.90 Å². The summed E-state index contributed by atoms with van der Waals surface area (Å²) in [6.45, 7) is 3.13. The van der Waals surface area contributed by atoms with Crippen molar-refractivity contribution in [2.75, 3.05) is 26.2 Å². The van der Waals surface area contributed by atoms with Gasteiger partial charge in [0.05, 0.1) is 17.6 Å². The number of hydrogen-bond donors (Lipinski definition) is 1. The number of halogens is 2. The number of nitrogens with two attached hydrogens (primary N) is 1. The minimum atomic E-state index is -3.56. The SMILES string of the molecule is Cl.Cl.NCC1CN(Cc2cccn2S(=O)(=O)c2ccccc2)CCO1. The van der Waals surface area contributed by atoms with Crippen LogP contribution in [0, 0.1) is 0 Å². The van der Waals surface area contributed by atoms with Gasteiger partial charge in [0.25, 0.3) is 10.0 Å². The molecule has 0 spiro atoms. The molecule has 1 fully saturated rings. The maximum Gasteiger partial charge on any atom is 0.267 e. The molecular weight excluding hydrogens is 385 g/mol. The van der Waals surface area contributed by atoms with Crippen molar-refractivity contribution in [1.82, 2.24) is 8.87 Å². The summed E-state index contributed by atoms with van der Waals surface area (Å²) in [5, 5.41) is 0. The molecule has 25 heavy (non-hydrogen) atoms. The molecule has 1 aromatic heterocycles. The van der Waals surface area contributed by atoms with E-state index < -0.39 is 10.0 Å². The Labute approximate surface area is 160 Å². The summed E-state index contributed by atoms with van der Waals surface area (Å²) in [5.41, 5.74) is 6.40. The topological polar surface area (TPSA) is 77.6 Å². The molecule has 140 valence electrons. The fourth-order valence-corrected chi connectivity index (χ4v) is 4.15. The number of nitrogens with zero attached hydrogens (tertiary/aromatic N) is 2. The van der Waals surface area contributed by atoms with Gasteiger partial charge in [0, 0.05) is 38.1 Å². The Morgan fingerprint density at radius 3 is 2.52 bits per heavy atom. The fourth-order valence-electron chi connectivity index (χ4n) is 2.76. The van der Waals surface area contributed by atoms with Crippen molar-refractivity contribution in [3.05, 3.63) is 54.4 Å². The summed E-state index contributed by atoms with van der Waals surface area (Å²) < 4.78 is 32.5. The first-order chi connectivity index (χ1) is 11.1. The van der Waals surface area contributed by atoms with Crippen molar-refractivity contribution < 1.29 is 13.2 Å². The first kappa shape index (κ1) is 22.0. The zero-order valence-electron chi connectivity index (χ0n) is 13.7. The van der Waals surface area contributed by atoms with Gasteiger partial charge in [0.2, 0.25) is 0 Å². The van der Waals surface area contributed by atoms with E-state index >= 15 is 0 Å². The lowest BCUT2D eigenvalue weighted by Gasteiger charge is -2.32. The monoisotopic (exact) mass is 407 g/mol. The fraction of sp³-hybridized carbons (Fsp3) is 0.375. The lowest BCUT2D eigenvalue weighted by Crippen LogP contribution is -2.45. The Hall–Kier alpha value is -1.09. The second-order valence-electron chi connectivity index (χ2n) is 5.58. The van der Waals surface area contributed by atoms with Crippen LogP contribution in [0.25, 0.3) is 0 Å². The van der Waals surface area contributed by atoms with Crippen LogP contribution in [0.4, 0.5) is 0 Å². The summed E-state index contributed by atoms with van der Waals surface area (Å²) in [7, 11) is -3.56. The quantitative estimate of drug-likeness (QED) is 0.816. The van der Waals surface area contributed by atoms with Gasteiger partial charge in [0.1, 0.15) is 0 Å². The van der Waals surface area contributed by atoms with Crippen LogP contribution >= 0.6 is 24.8 Å². The van der Waals surface area contributed by atoms with Gasteiger partial charge in [0.15, 0.2) is 0 Å². The molecule has 3 rings (SSSR count). The Kier molecular flexibility index (Phi) is 8.40. The van der Waals surface area contributed by atoms with E-state index in [4.69, 9.17) is 10.5 Å². The predicted molar refractivity (Wildman–Crippen MR) is 102 cm³/mol.